The number of rotatable bonds is 10. The van der Waals surface area contributed by atoms with Crippen molar-refractivity contribution in [3.63, 3.8) is 0 Å². The zero-order valence-corrected chi connectivity index (χ0v) is 16.1. The standard InChI is InChI=1S/C22H26O7/c23-13-17-5-2-7-20(11-17)28-15-18(24)14-27-19-6-1-4-16(10-19)12-22(21(25)26)8-3-9-29-22/h1-2,4-7,10-11,18,23-24H,3,8-9,12-15H2,(H,25,26)/t18-,22?/m1/s1. The number of ether oxygens (including phenoxy) is 3. The Balaban J connectivity index is 1.51. The second kappa shape index (κ2) is 9.73. The molecule has 3 rings (SSSR count). The van der Waals surface area contributed by atoms with Crippen molar-refractivity contribution in [2.75, 3.05) is 19.8 Å². The number of aliphatic hydroxyl groups is 2. The third kappa shape index (κ3) is 5.69. The lowest BCUT2D eigenvalue weighted by molar-refractivity contribution is -0.159. The van der Waals surface area contributed by atoms with Gasteiger partial charge in [-0.05, 0) is 48.2 Å². The van der Waals surface area contributed by atoms with Gasteiger partial charge < -0.3 is 29.5 Å². The first-order chi connectivity index (χ1) is 14.0. The summed E-state index contributed by atoms with van der Waals surface area (Å²) in [5.74, 6) is 0.162. The van der Waals surface area contributed by atoms with Crippen molar-refractivity contribution in [1.82, 2.24) is 0 Å². The molecule has 2 atom stereocenters. The number of aliphatic hydroxyl groups excluding tert-OH is 2. The predicted octanol–water partition coefficient (Wildman–Crippen LogP) is 2.17. The van der Waals surface area contributed by atoms with E-state index in [0.29, 0.717) is 24.5 Å². The summed E-state index contributed by atoms with van der Waals surface area (Å²) in [4.78, 5) is 11.6. The van der Waals surface area contributed by atoms with E-state index in [0.717, 1.165) is 17.5 Å². The molecule has 1 unspecified atom stereocenters. The molecule has 0 bridgehead atoms. The van der Waals surface area contributed by atoms with Crippen molar-refractivity contribution in [3.05, 3.63) is 59.7 Å². The summed E-state index contributed by atoms with van der Waals surface area (Å²) in [6.45, 7) is 0.456. The van der Waals surface area contributed by atoms with Crippen LogP contribution in [0.1, 0.15) is 24.0 Å². The summed E-state index contributed by atoms with van der Waals surface area (Å²) >= 11 is 0. The predicted molar refractivity (Wildman–Crippen MR) is 105 cm³/mol. The average Bonchev–Trinajstić information content (AvgIpc) is 3.21. The van der Waals surface area contributed by atoms with Crippen molar-refractivity contribution in [2.45, 2.75) is 37.6 Å². The molecule has 0 saturated carbocycles. The molecule has 0 radical (unpaired) electrons. The Morgan fingerprint density at radius 2 is 1.69 bits per heavy atom. The molecule has 156 valence electrons. The second-order valence-electron chi connectivity index (χ2n) is 7.16. The molecular weight excluding hydrogens is 376 g/mol. The maximum absolute atomic E-state index is 11.6. The molecule has 29 heavy (non-hydrogen) atoms. The van der Waals surface area contributed by atoms with Crippen LogP contribution in [0.15, 0.2) is 48.5 Å². The molecule has 1 heterocycles. The monoisotopic (exact) mass is 402 g/mol. The molecule has 7 heteroatoms. The molecule has 0 spiro atoms. The Labute approximate surface area is 169 Å². The molecule has 2 aromatic rings. The number of carbonyl (C=O) groups is 1. The van der Waals surface area contributed by atoms with E-state index in [-0.39, 0.29) is 26.2 Å². The van der Waals surface area contributed by atoms with Crippen molar-refractivity contribution >= 4 is 5.97 Å². The average molecular weight is 402 g/mol. The lowest BCUT2D eigenvalue weighted by Gasteiger charge is -2.23. The highest BCUT2D eigenvalue weighted by molar-refractivity contribution is 5.78. The summed E-state index contributed by atoms with van der Waals surface area (Å²) in [6, 6.07) is 14.2. The Kier molecular flexibility index (Phi) is 7.09. The molecule has 0 amide bonds. The van der Waals surface area contributed by atoms with Gasteiger partial charge in [0.1, 0.15) is 30.8 Å². The van der Waals surface area contributed by atoms with Gasteiger partial charge in [0.25, 0.3) is 0 Å². The number of carboxylic acids is 1. The van der Waals surface area contributed by atoms with Gasteiger partial charge in [-0.1, -0.05) is 24.3 Å². The van der Waals surface area contributed by atoms with Crippen molar-refractivity contribution in [1.29, 1.82) is 0 Å². The highest BCUT2D eigenvalue weighted by Gasteiger charge is 2.42. The molecule has 1 fully saturated rings. The van der Waals surface area contributed by atoms with E-state index in [2.05, 4.69) is 0 Å². The summed E-state index contributed by atoms with van der Waals surface area (Å²) in [5.41, 5.74) is 0.364. The van der Waals surface area contributed by atoms with Gasteiger partial charge >= 0.3 is 5.97 Å². The van der Waals surface area contributed by atoms with Crippen LogP contribution in [0, 0.1) is 0 Å². The second-order valence-corrected chi connectivity index (χ2v) is 7.16. The SMILES string of the molecule is O=C(O)C1(Cc2cccc(OC[C@@H](O)COc3cccc(CO)c3)c2)CCCO1. The zero-order chi connectivity index (χ0) is 20.7. The van der Waals surface area contributed by atoms with Gasteiger partial charge in [-0.3, -0.25) is 0 Å². The smallest absolute Gasteiger partial charge is 0.336 e. The maximum atomic E-state index is 11.6. The molecule has 3 N–H and O–H groups in total. The summed E-state index contributed by atoms with van der Waals surface area (Å²) in [5, 5.41) is 28.8. The van der Waals surface area contributed by atoms with Crippen LogP contribution in [0.2, 0.25) is 0 Å². The third-order valence-corrected chi connectivity index (χ3v) is 4.85. The van der Waals surface area contributed by atoms with E-state index >= 15 is 0 Å². The van der Waals surface area contributed by atoms with Gasteiger partial charge in [-0.2, -0.15) is 0 Å². The van der Waals surface area contributed by atoms with E-state index in [9.17, 15) is 15.0 Å². The van der Waals surface area contributed by atoms with Crippen molar-refractivity contribution < 1.29 is 34.3 Å². The Hall–Kier alpha value is -2.61. The Bertz CT molecular complexity index is 814. The lowest BCUT2D eigenvalue weighted by atomic mass is 9.91. The van der Waals surface area contributed by atoms with Gasteiger partial charge in [0.2, 0.25) is 0 Å². The fourth-order valence-corrected chi connectivity index (χ4v) is 3.32. The van der Waals surface area contributed by atoms with Crippen LogP contribution in [-0.4, -0.2) is 52.8 Å². The number of aliphatic carboxylic acids is 1. The minimum absolute atomic E-state index is 0.0315. The molecular formula is C22H26O7. The minimum atomic E-state index is -1.17. The molecule has 1 saturated heterocycles. The van der Waals surface area contributed by atoms with Gasteiger partial charge in [0, 0.05) is 13.0 Å². The van der Waals surface area contributed by atoms with E-state index < -0.39 is 17.7 Å². The first kappa shape index (κ1) is 21.1. The zero-order valence-electron chi connectivity index (χ0n) is 16.1. The topological polar surface area (TPSA) is 105 Å². The first-order valence-corrected chi connectivity index (χ1v) is 9.60. The normalized spacial score (nSPS) is 19.7. The minimum Gasteiger partial charge on any atom is -0.491 e. The van der Waals surface area contributed by atoms with E-state index in [1.165, 1.54) is 0 Å². The third-order valence-electron chi connectivity index (χ3n) is 4.85. The van der Waals surface area contributed by atoms with Crippen molar-refractivity contribution in [2.24, 2.45) is 0 Å². The fourth-order valence-electron chi connectivity index (χ4n) is 3.32. The van der Waals surface area contributed by atoms with Crippen LogP contribution in [0.25, 0.3) is 0 Å². The van der Waals surface area contributed by atoms with Crippen LogP contribution in [0.3, 0.4) is 0 Å². The van der Waals surface area contributed by atoms with Gasteiger partial charge in [0.05, 0.1) is 6.61 Å². The molecule has 2 aromatic carbocycles. The Morgan fingerprint density at radius 1 is 1.07 bits per heavy atom. The quantitative estimate of drug-likeness (QED) is 0.559. The largest absolute Gasteiger partial charge is 0.491 e. The van der Waals surface area contributed by atoms with Crippen molar-refractivity contribution in [3.8, 4) is 11.5 Å². The maximum Gasteiger partial charge on any atom is 0.336 e. The molecule has 1 aliphatic heterocycles. The van der Waals surface area contributed by atoms with E-state index in [1.807, 2.05) is 6.07 Å². The molecule has 1 aliphatic rings. The Morgan fingerprint density at radius 3 is 2.24 bits per heavy atom. The van der Waals surface area contributed by atoms with Gasteiger partial charge in [-0.15, -0.1) is 0 Å². The van der Waals surface area contributed by atoms with Crippen LogP contribution >= 0.6 is 0 Å². The van der Waals surface area contributed by atoms with Crippen LogP contribution < -0.4 is 9.47 Å². The van der Waals surface area contributed by atoms with Crippen LogP contribution in [0.5, 0.6) is 11.5 Å². The summed E-state index contributed by atoms with van der Waals surface area (Å²) < 4.78 is 16.7. The molecule has 0 aromatic heterocycles. The molecule has 7 nitrogen and oxygen atoms in total. The summed E-state index contributed by atoms with van der Waals surface area (Å²) in [6.07, 6.45) is 0.642. The molecule has 0 aliphatic carbocycles. The van der Waals surface area contributed by atoms with E-state index in [4.69, 9.17) is 19.3 Å². The van der Waals surface area contributed by atoms with Crippen LogP contribution in [0.4, 0.5) is 0 Å². The fraction of sp³-hybridized carbons (Fsp3) is 0.409. The number of benzene rings is 2. The van der Waals surface area contributed by atoms with Crippen LogP contribution in [-0.2, 0) is 22.6 Å². The lowest BCUT2D eigenvalue weighted by Crippen LogP contribution is -2.40. The van der Waals surface area contributed by atoms with E-state index in [1.54, 1.807) is 42.5 Å². The highest BCUT2D eigenvalue weighted by atomic mass is 16.5. The number of hydrogen-bond acceptors (Lipinski definition) is 6. The summed E-state index contributed by atoms with van der Waals surface area (Å²) in [7, 11) is 0. The number of hydrogen-bond donors (Lipinski definition) is 3. The number of carboxylic acid groups (broad SMARTS) is 1. The first-order valence-electron chi connectivity index (χ1n) is 9.60. The highest BCUT2D eigenvalue weighted by Crippen LogP contribution is 2.31. The van der Waals surface area contributed by atoms with Gasteiger partial charge in [-0.25, -0.2) is 4.79 Å². The van der Waals surface area contributed by atoms with Gasteiger partial charge in [0.15, 0.2) is 5.60 Å².